The van der Waals surface area contributed by atoms with Crippen LogP contribution < -0.4 is 14.8 Å². The second kappa shape index (κ2) is 12.2. The second-order valence-corrected chi connectivity index (χ2v) is 11.9. The number of fused-ring (bicyclic) bond motifs is 1. The van der Waals surface area contributed by atoms with Gasteiger partial charge in [-0.15, -0.1) is 4.99 Å². The van der Waals surface area contributed by atoms with E-state index in [0.717, 1.165) is 23.1 Å². The average Bonchev–Trinajstić information content (AvgIpc) is 2.86. The van der Waals surface area contributed by atoms with Crippen LogP contribution in [-0.4, -0.2) is 67.1 Å². The lowest BCUT2D eigenvalue weighted by Crippen LogP contribution is -2.56. The Morgan fingerprint density at radius 2 is 1.90 bits per heavy atom. The zero-order chi connectivity index (χ0) is 28.9. The molecule has 40 heavy (non-hydrogen) atoms. The van der Waals surface area contributed by atoms with Gasteiger partial charge in [0.15, 0.2) is 0 Å². The zero-order valence-electron chi connectivity index (χ0n) is 22.1. The van der Waals surface area contributed by atoms with Gasteiger partial charge in [-0.1, -0.05) is 31.5 Å². The fourth-order valence-electron chi connectivity index (χ4n) is 5.62. The highest BCUT2D eigenvalue weighted by molar-refractivity contribution is 7.89. The highest BCUT2D eigenvalue weighted by Gasteiger charge is 2.51. The van der Waals surface area contributed by atoms with Crippen LogP contribution in [0.2, 0.25) is 0 Å². The van der Waals surface area contributed by atoms with Crippen molar-refractivity contribution in [3.63, 3.8) is 0 Å². The monoisotopic (exact) mass is 576 g/mol. The Morgan fingerprint density at radius 3 is 2.50 bits per heavy atom. The van der Waals surface area contributed by atoms with Crippen molar-refractivity contribution >= 4 is 28.2 Å². The van der Waals surface area contributed by atoms with Gasteiger partial charge in [0, 0.05) is 18.5 Å². The molecule has 0 bridgehead atoms. The van der Waals surface area contributed by atoms with Crippen molar-refractivity contribution in [3.8, 4) is 5.75 Å². The number of carboxylic acid groups (broad SMARTS) is 2. The largest absolute Gasteiger partial charge is 0.492 e. The fraction of sp³-hybridized carbons (Fsp3) is 0.444. The molecule has 2 amide bonds. The number of guanidine groups is 1. The van der Waals surface area contributed by atoms with Crippen LogP contribution >= 0.6 is 0 Å². The van der Waals surface area contributed by atoms with Gasteiger partial charge in [-0.3, -0.25) is 5.32 Å². The topological polar surface area (TPSA) is 158 Å². The fourth-order valence-corrected chi connectivity index (χ4v) is 6.70. The standard InChI is InChI=1S/C27H33FN4O7S/c1-2-16-40(37,38)29-13-15-39-21-9-4-18-10-14-32(24(30-25(33)34)31-26(35)36)23(22(18)17-21)27(11-3-12-27)19-5-7-20(28)8-6-19/h4-9,17,23,29H,2-3,10-16H2,1H3,(H,30,31)(H,33,34)(H,35,36). The Hall–Kier alpha value is -3.71. The maximum absolute atomic E-state index is 13.9. The molecule has 1 unspecified atom stereocenters. The molecule has 2 aliphatic rings. The molecule has 1 heterocycles. The molecular weight excluding hydrogens is 543 g/mol. The van der Waals surface area contributed by atoms with Gasteiger partial charge < -0.3 is 19.8 Å². The summed E-state index contributed by atoms with van der Waals surface area (Å²) in [4.78, 5) is 28.4. The smallest absolute Gasteiger partial charge is 0.434 e. The number of rotatable bonds is 9. The molecule has 13 heteroatoms. The number of halogens is 1. The van der Waals surface area contributed by atoms with Crippen molar-refractivity contribution in [2.24, 2.45) is 4.99 Å². The number of ether oxygens (including phenoxy) is 1. The van der Waals surface area contributed by atoms with E-state index in [-0.39, 0.29) is 30.7 Å². The zero-order valence-corrected chi connectivity index (χ0v) is 22.9. The van der Waals surface area contributed by atoms with E-state index in [4.69, 9.17) is 4.74 Å². The summed E-state index contributed by atoms with van der Waals surface area (Å²) >= 11 is 0. The molecule has 2 aromatic carbocycles. The molecule has 2 aromatic rings. The lowest BCUT2D eigenvalue weighted by Gasteiger charge is -2.54. The summed E-state index contributed by atoms with van der Waals surface area (Å²) in [6, 6.07) is 11.2. The van der Waals surface area contributed by atoms with Gasteiger partial charge >= 0.3 is 12.2 Å². The summed E-state index contributed by atoms with van der Waals surface area (Å²) in [6.45, 7) is 2.26. The Bertz CT molecular complexity index is 1380. The van der Waals surface area contributed by atoms with Gasteiger partial charge in [-0.05, 0) is 66.6 Å². The van der Waals surface area contributed by atoms with E-state index in [1.54, 1.807) is 30.0 Å². The number of aliphatic imine (C=N–C) groups is 1. The van der Waals surface area contributed by atoms with E-state index in [9.17, 15) is 32.6 Å². The highest BCUT2D eigenvalue weighted by atomic mass is 32.2. The van der Waals surface area contributed by atoms with Gasteiger partial charge in [0.1, 0.15) is 18.2 Å². The van der Waals surface area contributed by atoms with Crippen LogP contribution in [0.5, 0.6) is 5.75 Å². The summed E-state index contributed by atoms with van der Waals surface area (Å²) in [7, 11) is -3.37. The molecule has 1 atom stereocenters. The predicted molar refractivity (Wildman–Crippen MR) is 146 cm³/mol. The summed E-state index contributed by atoms with van der Waals surface area (Å²) in [6.07, 6.45) is 0.287. The molecule has 1 aliphatic carbocycles. The van der Waals surface area contributed by atoms with Crippen molar-refractivity contribution in [1.29, 1.82) is 0 Å². The average molecular weight is 577 g/mol. The van der Waals surface area contributed by atoms with Crippen LogP contribution in [0.3, 0.4) is 0 Å². The maximum atomic E-state index is 13.9. The van der Waals surface area contributed by atoms with Crippen LogP contribution in [0.15, 0.2) is 47.5 Å². The first kappa shape index (κ1) is 29.3. The van der Waals surface area contributed by atoms with E-state index < -0.39 is 33.7 Å². The molecule has 0 saturated heterocycles. The number of benzene rings is 2. The van der Waals surface area contributed by atoms with Gasteiger partial charge in [0.05, 0.1) is 11.8 Å². The van der Waals surface area contributed by atoms with Gasteiger partial charge in [0.2, 0.25) is 16.0 Å². The van der Waals surface area contributed by atoms with Gasteiger partial charge in [-0.2, -0.15) is 0 Å². The minimum atomic E-state index is -3.37. The first-order valence-corrected chi connectivity index (χ1v) is 14.8. The number of hydrogen-bond donors (Lipinski definition) is 4. The Kier molecular flexibility index (Phi) is 8.94. The van der Waals surface area contributed by atoms with E-state index >= 15 is 0 Å². The quantitative estimate of drug-likeness (QED) is 0.199. The molecule has 1 saturated carbocycles. The van der Waals surface area contributed by atoms with E-state index in [1.807, 2.05) is 12.1 Å². The van der Waals surface area contributed by atoms with Crippen molar-refractivity contribution in [1.82, 2.24) is 14.9 Å². The minimum absolute atomic E-state index is 0.0272. The van der Waals surface area contributed by atoms with E-state index in [2.05, 4.69) is 15.0 Å². The third-order valence-corrected chi connectivity index (χ3v) is 8.98. The van der Waals surface area contributed by atoms with Crippen LogP contribution in [0, 0.1) is 5.82 Å². The molecule has 0 spiro atoms. The number of hydrogen-bond acceptors (Lipinski definition) is 5. The van der Waals surface area contributed by atoms with Crippen LogP contribution in [0.25, 0.3) is 0 Å². The maximum Gasteiger partial charge on any atom is 0.434 e. The van der Waals surface area contributed by atoms with Crippen LogP contribution in [-0.2, 0) is 21.9 Å². The van der Waals surface area contributed by atoms with Crippen LogP contribution in [0.4, 0.5) is 14.0 Å². The summed E-state index contributed by atoms with van der Waals surface area (Å²) < 4.78 is 46.1. The number of nitrogens with zero attached hydrogens (tertiary/aromatic N) is 2. The molecule has 11 nitrogen and oxygen atoms in total. The minimum Gasteiger partial charge on any atom is -0.492 e. The number of carbonyl (C=O) groups is 2. The molecule has 0 radical (unpaired) electrons. The summed E-state index contributed by atoms with van der Waals surface area (Å²) in [5.41, 5.74) is 2.07. The Balaban J connectivity index is 1.73. The summed E-state index contributed by atoms with van der Waals surface area (Å²) in [5, 5.41) is 21.1. The second-order valence-electron chi connectivity index (χ2n) is 9.93. The molecule has 4 N–H and O–H groups in total. The first-order valence-electron chi connectivity index (χ1n) is 13.1. The number of nitrogens with one attached hydrogen (secondary N) is 2. The molecule has 0 aromatic heterocycles. The van der Waals surface area contributed by atoms with E-state index in [1.165, 1.54) is 12.1 Å². The van der Waals surface area contributed by atoms with Crippen molar-refractivity contribution in [2.45, 2.75) is 50.5 Å². The molecular formula is C27H33FN4O7S. The first-order chi connectivity index (χ1) is 19.0. The number of sulfonamides is 1. The normalized spacial score (nSPS) is 18.4. The molecule has 1 fully saturated rings. The molecule has 4 rings (SSSR count). The van der Waals surface area contributed by atoms with Gasteiger partial charge in [-0.25, -0.2) is 27.1 Å². The van der Waals surface area contributed by atoms with Crippen molar-refractivity contribution in [2.75, 3.05) is 25.4 Å². The van der Waals surface area contributed by atoms with Crippen molar-refractivity contribution in [3.05, 3.63) is 65.0 Å². The predicted octanol–water partition coefficient (Wildman–Crippen LogP) is 3.86. The molecule has 216 valence electrons. The lowest BCUT2D eigenvalue weighted by atomic mass is 9.57. The lowest BCUT2D eigenvalue weighted by molar-refractivity contribution is 0.0962. The third-order valence-electron chi connectivity index (χ3n) is 7.39. The van der Waals surface area contributed by atoms with E-state index in [0.29, 0.717) is 38.0 Å². The van der Waals surface area contributed by atoms with Crippen LogP contribution in [0.1, 0.15) is 55.3 Å². The number of amides is 2. The Labute approximate surface area is 232 Å². The third kappa shape index (κ3) is 6.53. The van der Waals surface area contributed by atoms with Crippen molar-refractivity contribution < 1.29 is 37.3 Å². The molecule has 1 aliphatic heterocycles. The summed E-state index contributed by atoms with van der Waals surface area (Å²) in [5.74, 6) is -0.179. The Morgan fingerprint density at radius 1 is 1.18 bits per heavy atom. The SMILES string of the molecule is CCCS(=O)(=O)NCCOc1ccc2c(c1)C(C1(c3ccc(F)cc3)CCC1)N(C(=NC(=O)O)NC(=O)O)CC2. The highest BCUT2D eigenvalue weighted by Crippen LogP contribution is 2.56. The van der Waals surface area contributed by atoms with Gasteiger partial charge in [0.25, 0.3) is 0 Å².